The lowest BCUT2D eigenvalue weighted by molar-refractivity contribution is -0.138. The monoisotopic (exact) mass is 257 g/mol. The topological polar surface area (TPSA) is 162 Å². The molecule has 1 unspecified atom stereocenters. The molecule has 0 rings (SSSR count). The summed E-state index contributed by atoms with van der Waals surface area (Å²) in [6.45, 7) is -1.65. The first kappa shape index (κ1) is 15.2. The molecule has 96 valence electrons. The van der Waals surface area contributed by atoms with Crippen LogP contribution >= 0.6 is 0 Å². The van der Waals surface area contributed by atoms with Gasteiger partial charge in [-0.25, -0.2) is 4.72 Å². The van der Waals surface area contributed by atoms with Crippen molar-refractivity contribution in [3.05, 3.63) is 0 Å². The number of carboxylic acids is 1. The molecule has 0 saturated heterocycles. The second-order valence-corrected chi connectivity index (χ2v) is 4.51. The van der Waals surface area contributed by atoms with E-state index in [9.17, 15) is 13.2 Å². The summed E-state index contributed by atoms with van der Waals surface area (Å²) >= 11 is 0. The third-order valence-electron chi connectivity index (χ3n) is 1.57. The smallest absolute Gasteiger partial charge is 0.321 e. The average Bonchev–Trinajstić information content (AvgIpc) is 2.22. The minimum Gasteiger partial charge on any atom is -0.480 e. The van der Waals surface area contributed by atoms with Crippen molar-refractivity contribution in [3.8, 4) is 0 Å². The van der Waals surface area contributed by atoms with E-state index in [1.165, 1.54) is 0 Å². The number of aliphatic hydroxyl groups excluding tert-OH is 2. The summed E-state index contributed by atoms with van der Waals surface area (Å²) in [6.07, 6.45) is 0. The number of hydrogen-bond acceptors (Lipinski definition) is 6. The summed E-state index contributed by atoms with van der Waals surface area (Å²) in [6, 6.07) is -2.41. The molecule has 10 heteroatoms. The number of carboxylic acid groups (broad SMARTS) is 1. The van der Waals surface area contributed by atoms with Gasteiger partial charge >= 0.3 is 5.97 Å². The predicted molar refractivity (Wildman–Crippen MR) is 53.6 cm³/mol. The Morgan fingerprint density at radius 2 is 1.81 bits per heavy atom. The molecule has 0 aromatic carbocycles. The normalized spacial score (nSPS) is 14.0. The highest BCUT2D eigenvalue weighted by molar-refractivity contribution is 7.87. The van der Waals surface area contributed by atoms with Gasteiger partial charge in [-0.3, -0.25) is 4.79 Å². The van der Waals surface area contributed by atoms with Crippen molar-refractivity contribution in [1.82, 2.24) is 9.44 Å². The molecule has 1 atom stereocenters. The summed E-state index contributed by atoms with van der Waals surface area (Å²) < 4.78 is 26.2. The van der Waals surface area contributed by atoms with Gasteiger partial charge in [0.15, 0.2) is 0 Å². The Hall–Kier alpha value is -0.780. The lowest BCUT2D eigenvalue weighted by Gasteiger charge is -2.15. The van der Waals surface area contributed by atoms with Crippen molar-refractivity contribution in [3.63, 3.8) is 0 Å². The first-order chi connectivity index (χ1) is 7.32. The van der Waals surface area contributed by atoms with E-state index in [2.05, 4.69) is 0 Å². The van der Waals surface area contributed by atoms with Crippen LogP contribution in [0.5, 0.6) is 0 Å². The first-order valence-corrected chi connectivity index (χ1v) is 5.77. The predicted octanol–water partition coefficient (Wildman–Crippen LogP) is -3.82. The van der Waals surface area contributed by atoms with Crippen LogP contribution in [-0.2, 0) is 15.0 Å². The van der Waals surface area contributed by atoms with Crippen LogP contribution in [0.4, 0.5) is 0 Å². The fraction of sp³-hybridized carbons (Fsp3) is 0.833. The Kier molecular flexibility index (Phi) is 6.40. The van der Waals surface area contributed by atoms with E-state index in [4.69, 9.17) is 21.1 Å². The fourth-order valence-corrected chi connectivity index (χ4v) is 1.75. The molecule has 0 amide bonds. The van der Waals surface area contributed by atoms with Gasteiger partial charge in [0.1, 0.15) is 6.04 Å². The summed E-state index contributed by atoms with van der Waals surface area (Å²) in [5.74, 6) is -1.34. The molecular formula is C6H15N3O6S. The van der Waals surface area contributed by atoms with Crippen LogP contribution in [0.15, 0.2) is 0 Å². The fourth-order valence-electron chi connectivity index (χ4n) is 0.680. The van der Waals surface area contributed by atoms with E-state index in [0.29, 0.717) is 0 Å². The number of aliphatic hydroxyl groups is 2. The number of aliphatic carboxylic acids is 1. The summed E-state index contributed by atoms with van der Waals surface area (Å²) in [5, 5.41) is 25.6. The molecule has 9 nitrogen and oxygen atoms in total. The highest BCUT2D eigenvalue weighted by atomic mass is 32.2. The highest BCUT2D eigenvalue weighted by Crippen LogP contribution is 1.86. The van der Waals surface area contributed by atoms with Crippen LogP contribution in [-0.4, -0.2) is 61.5 Å². The number of carbonyl (C=O) groups is 1. The van der Waals surface area contributed by atoms with Crippen molar-refractivity contribution in [2.45, 2.75) is 12.1 Å². The van der Waals surface area contributed by atoms with Crippen LogP contribution in [0.2, 0.25) is 0 Å². The zero-order chi connectivity index (χ0) is 12.8. The van der Waals surface area contributed by atoms with Gasteiger partial charge in [0.25, 0.3) is 10.2 Å². The summed E-state index contributed by atoms with van der Waals surface area (Å²) in [5.41, 5.74) is 5.07. The van der Waals surface area contributed by atoms with Crippen molar-refractivity contribution in [2.24, 2.45) is 5.73 Å². The number of nitrogens with two attached hydrogens (primary N) is 1. The molecule has 0 aromatic heterocycles. The van der Waals surface area contributed by atoms with E-state index in [0.717, 1.165) is 0 Å². The average molecular weight is 257 g/mol. The van der Waals surface area contributed by atoms with E-state index >= 15 is 0 Å². The number of nitrogens with one attached hydrogen (secondary N) is 2. The van der Waals surface area contributed by atoms with Gasteiger partial charge in [0.2, 0.25) is 0 Å². The molecule has 0 aliphatic carbocycles. The SMILES string of the molecule is NC(CNS(=O)(=O)NC(CO)CO)C(=O)O. The van der Waals surface area contributed by atoms with Gasteiger partial charge in [0.05, 0.1) is 19.3 Å². The Morgan fingerprint density at radius 3 is 2.19 bits per heavy atom. The Labute approximate surface area is 92.4 Å². The molecule has 0 aromatic rings. The van der Waals surface area contributed by atoms with E-state index < -0.39 is 48.0 Å². The third kappa shape index (κ3) is 5.95. The molecule has 7 N–H and O–H groups in total. The molecule has 0 aliphatic rings. The molecule has 0 heterocycles. The minimum absolute atomic E-state index is 0.492. The van der Waals surface area contributed by atoms with E-state index in [-0.39, 0.29) is 0 Å². The van der Waals surface area contributed by atoms with Crippen molar-refractivity contribution < 1.29 is 28.5 Å². The molecule has 0 radical (unpaired) electrons. The number of hydrogen-bond donors (Lipinski definition) is 6. The summed E-state index contributed by atoms with van der Waals surface area (Å²) in [4.78, 5) is 10.3. The maximum absolute atomic E-state index is 11.2. The highest BCUT2D eigenvalue weighted by Gasteiger charge is 2.19. The second kappa shape index (κ2) is 6.73. The quantitative estimate of drug-likeness (QED) is 0.259. The van der Waals surface area contributed by atoms with Gasteiger partial charge in [-0.2, -0.15) is 13.1 Å². The molecular weight excluding hydrogens is 242 g/mol. The first-order valence-electron chi connectivity index (χ1n) is 4.29. The molecule has 0 spiro atoms. The van der Waals surface area contributed by atoms with Gasteiger partial charge < -0.3 is 21.1 Å². The van der Waals surface area contributed by atoms with Gasteiger partial charge in [-0.05, 0) is 0 Å². The zero-order valence-electron chi connectivity index (χ0n) is 8.33. The molecule has 0 saturated carbocycles. The third-order valence-corrected chi connectivity index (χ3v) is 2.76. The number of rotatable bonds is 8. The van der Waals surface area contributed by atoms with E-state index in [1.54, 1.807) is 0 Å². The van der Waals surface area contributed by atoms with Gasteiger partial charge in [-0.1, -0.05) is 0 Å². The Balaban J connectivity index is 4.20. The Bertz CT molecular complexity index is 314. The second-order valence-electron chi connectivity index (χ2n) is 2.98. The van der Waals surface area contributed by atoms with Crippen LogP contribution in [0.25, 0.3) is 0 Å². The minimum atomic E-state index is -4.00. The maximum atomic E-state index is 11.2. The standard InChI is InChI=1S/C6H15N3O6S/c7-5(6(12)13)1-8-16(14,15)9-4(2-10)3-11/h4-5,8-11H,1-3,7H2,(H,12,13). The summed E-state index contributed by atoms with van der Waals surface area (Å²) in [7, 11) is -4.00. The van der Waals surface area contributed by atoms with Crippen LogP contribution < -0.4 is 15.2 Å². The van der Waals surface area contributed by atoms with Crippen molar-refractivity contribution >= 4 is 16.2 Å². The lowest BCUT2D eigenvalue weighted by Crippen LogP contribution is -2.50. The van der Waals surface area contributed by atoms with Crippen molar-refractivity contribution in [1.29, 1.82) is 0 Å². The van der Waals surface area contributed by atoms with Crippen LogP contribution in [0.1, 0.15) is 0 Å². The van der Waals surface area contributed by atoms with Crippen LogP contribution in [0.3, 0.4) is 0 Å². The molecule has 0 aliphatic heterocycles. The maximum Gasteiger partial charge on any atom is 0.321 e. The largest absolute Gasteiger partial charge is 0.480 e. The lowest BCUT2D eigenvalue weighted by atomic mass is 10.3. The Morgan fingerprint density at radius 1 is 1.31 bits per heavy atom. The molecule has 0 fully saturated rings. The van der Waals surface area contributed by atoms with Crippen LogP contribution in [0, 0.1) is 0 Å². The van der Waals surface area contributed by atoms with Gasteiger partial charge in [0, 0.05) is 6.54 Å². The van der Waals surface area contributed by atoms with E-state index in [1.807, 2.05) is 9.44 Å². The molecule has 0 bridgehead atoms. The molecule has 16 heavy (non-hydrogen) atoms. The van der Waals surface area contributed by atoms with Gasteiger partial charge in [-0.15, -0.1) is 0 Å². The zero-order valence-corrected chi connectivity index (χ0v) is 9.14. The van der Waals surface area contributed by atoms with Crippen molar-refractivity contribution in [2.75, 3.05) is 19.8 Å².